The highest BCUT2D eigenvalue weighted by Gasteiger charge is 2.32. The molecular formula is C9H20N2. The van der Waals surface area contributed by atoms with Crippen LogP contribution in [0.2, 0.25) is 0 Å². The Hall–Kier alpha value is -0.0800. The normalized spacial score (nSPS) is 23.2. The van der Waals surface area contributed by atoms with Crippen LogP contribution in [0.15, 0.2) is 0 Å². The van der Waals surface area contributed by atoms with Gasteiger partial charge in [0.25, 0.3) is 0 Å². The van der Waals surface area contributed by atoms with E-state index in [1.807, 2.05) is 0 Å². The zero-order valence-corrected chi connectivity index (χ0v) is 7.77. The fourth-order valence-corrected chi connectivity index (χ4v) is 1.80. The molecule has 0 aromatic carbocycles. The standard InChI is InChI=1S/C9H20N2/c1-9(2)7-11(8-9)6-4-3-5-10/h3-8,10H2,1-2H3. The van der Waals surface area contributed by atoms with Gasteiger partial charge in [0.15, 0.2) is 0 Å². The van der Waals surface area contributed by atoms with Gasteiger partial charge in [-0.2, -0.15) is 0 Å². The summed E-state index contributed by atoms with van der Waals surface area (Å²) < 4.78 is 0. The van der Waals surface area contributed by atoms with E-state index >= 15 is 0 Å². The largest absolute Gasteiger partial charge is 0.330 e. The minimum atomic E-state index is 0.586. The Morgan fingerprint density at radius 1 is 1.27 bits per heavy atom. The molecule has 0 bridgehead atoms. The third-order valence-electron chi connectivity index (χ3n) is 2.23. The van der Waals surface area contributed by atoms with Gasteiger partial charge in [-0.05, 0) is 31.3 Å². The monoisotopic (exact) mass is 156 g/mol. The molecule has 0 amide bonds. The number of nitrogens with two attached hydrogens (primary N) is 1. The summed E-state index contributed by atoms with van der Waals surface area (Å²) in [6.45, 7) is 9.30. The number of likely N-dealkylation sites (tertiary alicyclic amines) is 1. The summed E-state index contributed by atoms with van der Waals surface area (Å²) in [5.74, 6) is 0. The van der Waals surface area contributed by atoms with Crippen LogP contribution in [-0.2, 0) is 0 Å². The molecule has 2 heteroatoms. The van der Waals surface area contributed by atoms with Crippen LogP contribution >= 0.6 is 0 Å². The first-order valence-corrected chi connectivity index (χ1v) is 4.56. The molecule has 11 heavy (non-hydrogen) atoms. The molecule has 0 aliphatic carbocycles. The minimum absolute atomic E-state index is 0.586. The SMILES string of the molecule is CC1(C)CN(CCCCN)C1. The lowest BCUT2D eigenvalue weighted by Crippen LogP contribution is -2.52. The first-order chi connectivity index (χ1) is 5.14. The van der Waals surface area contributed by atoms with E-state index in [9.17, 15) is 0 Å². The van der Waals surface area contributed by atoms with Gasteiger partial charge in [-0.15, -0.1) is 0 Å². The topological polar surface area (TPSA) is 29.3 Å². The van der Waals surface area contributed by atoms with Gasteiger partial charge in [-0.3, -0.25) is 0 Å². The van der Waals surface area contributed by atoms with Crippen LogP contribution in [-0.4, -0.2) is 31.1 Å². The fourth-order valence-electron chi connectivity index (χ4n) is 1.80. The van der Waals surface area contributed by atoms with E-state index in [0.29, 0.717) is 5.41 Å². The first-order valence-electron chi connectivity index (χ1n) is 4.56. The highest BCUT2D eigenvalue weighted by Crippen LogP contribution is 2.28. The predicted molar refractivity (Wildman–Crippen MR) is 48.5 cm³/mol. The van der Waals surface area contributed by atoms with E-state index in [-0.39, 0.29) is 0 Å². The molecule has 1 fully saturated rings. The summed E-state index contributed by atoms with van der Waals surface area (Å²) in [6.07, 6.45) is 2.45. The second-order valence-electron chi connectivity index (χ2n) is 4.37. The summed E-state index contributed by atoms with van der Waals surface area (Å²) in [6, 6.07) is 0. The summed E-state index contributed by atoms with van der Waals surface area (Å²) in [5.41, 5.74) is 6.00. The van der Waals surface area contributed by atoms with E-state index in [1.54, 1.807) is 0 Å². The maximum atomic E-state index is 5.41. The van der Waals surface area contributed by atoms with E-state index in [1.165, 1.54) is 32.5 Å². The van der Waals surface area contributed by atoms with Crippen LogP contribution in [0.1, 0.15) is 26.7 Å². The van der Waals surface area contributed by atoms with Crippen molar-refractivity contribution in [1.82, 2.24) is 4.90 Å². The van der Waals surface area contributed by atoms with Gasteiger partial charge in [0.2, 0.25) is 0 Å². The van der Waals surface area contributed by atoms with Crippen molar-refractivity contribution in [2.24, 2.45) is 11.1 Å². The van der Waals surface area contributed by atoms with Crippen molar-refractivity contribution in [3.63, 3.8) is 0 Å². The van der Waals surface area contributed by atoms with Gasteiger partial charge in [0.05, 0.1) is 0 Å². The Bertz CT molecular complexity index is 113. The Labute approximate surface area is 69.8 Å². The molecule has 2 N–H and O–H groups in total. The Morgan fingerprint density at radius 2 is 1.91 bits per heavy atom. The van der Waals surface area contributed by atoms with Crippen LogP contribution in [0.5, 0.6) is 0 Å². The molecule has 1 aliphatic rings. The van der Waals surface area contributed by atoms with Crippen molar-refractivity contribution in [2.45, 2.75) is 26.7 Å². The zero-order valence-electron chi connectivity index (χ0n) is 7.77. The molecule has 0 unspecified atom stereocenters. The van der Waals surface area contributed by atoms with Crippen molar-refractivity contribution >= 4 is 0 Å². The highest BCUT2D eigenvalue weighted by molar-refractivity contribution is 4.86. The smallest absolute Gasteiger partial charge is 0.00452 e. The number of hydrogen-bond donors (Lipinski definition) is 1. The van der Waals surface area contributed by atoms with E-state index in [4.69, 9.17) is 5.73 Å². The Kier molecular flexibility index (Phi) is 2.90. The Morgan fingerprint density at radius 3 is 2.36 bits per heavy atom. The van der Waals surface area contributed by atoms with Crippen molar-refractivity contribution in [3.8, 4) is 0 Å². The Balaban J connectivity index is 1.96. The average Bonchev–Trinajstić information content (AvgIpc) is 1.84. The molecule has 66 valence electrons. The number of unbranched alkanes of at least 4 members (excludes halogenated alkanes) is 1. The summed E-state index contributed by atoms with van der Waals surface area (Å²) in [5, 5.41) is 0. The van der Waals surface area contributed by atoms with Gasteiger partial charge in [-0.25, -0.2) is 0 Å². The second-order valence-corrected chi connectivity index (χ2v) is 4.37. The third-order valence-corrected chi connectivity index (χ3v) is 2.23. The molecule has 0 aromatic heterocycles. The fraction of sp³-hybridized carbons (Fsp3) is 1.00. The molecule has 0 saturated carbocycles. The number of rotatable bonds is 4. The molecule has 1 aliphatic heterocycles. The molecule has 1 saturated heterocycles. The van der Waals surface area contributed by atoms with Crippen LogP contribution in [0.3, 0.4) is 0 Å². The van der Waals surface area contributed by atoms with Gasteiger partial charge in [0, 0.05) is 13.1 Å². The summed E-state index contributed by atoms with van der Waals surface area (Å²) >= 11 is 0. The van der Waals surface area contributed by atoms with E-state index in [0.717, 1.165) is 6.54 Å². The zero-order chi connectivity index (χ0) is 8.32. The summed E-state index contributed by atoms with van der Waals surface area (Å²) in [4.78, 5) is 2.51. The maximum Gasteiger partial charge on any atom is 0.00452 e. The summed E-state index contributed by atoms with van der Waals surface area (Å²) in [7, 11) is 0. The molecule has 0 radical (unpaired) electrons. The molecular weight excluding hydrogens is 136 g/mol. The average molecular weight is 156 g/mol. The number of nitrogens with zero attached hydrogens (tertiary/aromatic N) is 1. The lowest BCUT2D eigenvalue weighted by Gasteiger charge is -2.46. The first kappa shape index (κ1) is 9.01. The lowest BCUT2D eigenvalue weighted by atomic mass is 9.84. The minimum Gasteiger partial charge on any atom is -0.330 e. The van der Waals surface area contributed by atoms with Gasteiger partial charge < -0.3 is 10.6 Å². The number of hydrogen-bond acceptors (Lipinski definition) is 2. The quantitative estimate of drug-likeness (QED) is 0.617. The van der Waals surface area contributed by atoms with E-state index in [2.05, 4.69) is 18.7 Å². The second kappa shape index (κ2) is 3.55. The van der Waals surface area contributed by atoms with Crippen molar-refractivity contribution < 1.29 is 0 Å². The maximum absolute atomic E-state index is 5.41. The van der Waals surface area contributed by atoms with Crippen LogP contribution in [0.25, 0.3) is 0 Å². The van der Waals surface area contributed by atoms with Crippen molar-refractivity contribution in [2.75, 3.05) is 26.2 Å². The molecule has 0 aromatic rings. The third kappa shape index (κ3) is 2.80. The molecule has 2 nitrogen and oxygen atoms in total. The van der Waals surface area contributed by atoms with Crippen molar-refractivity contribution in [1.29, 1.82) is 0 Å². The van der Waals surface area contributed by atoms with Crippen LogP contribution in [0, 0.1) is 5.41 Å². The van der Waals surface area contributed by atoms with Crippen LogP contribution < -0.4 is 5.73 Å². The molecule has 1 heterocycles. The highest BCUT2D eigenvalue weighted by atomic mass is 15.2. The molecule has 1 rings (SSSR count). The lowest BCUT2D eigenvalue weighted by molar-refractivity contribution is 0.0302. The predicted octanol–water partition coefficient (Wildman–Crippen LogP) is 1.07. The van der Waals surface area contributed by atoms with Gasteiger partial charge >= 0.3 is 0 Å². The van der Waals surface area contributed by atoms with Crippen molar-refractivity contribution in [3.05, 3.63) is 0 Å². The van der Waals surface area contributed by atoms with Crippen LogP contribution in [0.4, 0.5) is 0 Å². The molecule has 0 spiro atoms. The van der Waals surface area contributed by atoms with E-state index < -0.39 is 0 Å². The molecule has 0 atom stereocenters. The van der Waals surface area contributed by atoms with Gasteiger partial charge in [0.1, 0.15) is 0 Å². The van der Waals surface area contributed by atoms with Gasteiger partial charge in [-0.1, -0.05) is 13.8 Å².